The third kappa shape index (κ3) is 2.53. The Kier molecular flexibility index (Phi) is 3.44. The van der Waals surface area contributed by atoms with Gasteiger partial charge in [-0.3, -0.25) is 0 Å². The predicted molar refractivity (Wildman–Crippen MR) is 72.6 cm³/mol. The molecule has 0 radical (unpaired) electrons. The van der Waals surface area contributed by atoms with E-state index in [1.54, 1.807) is 0 Å². The molecule has 1 aromatic carbocycles. The van der Waals surface area contributed by atoms with E-state index >= 15 is 0 Å². The van der Waals surface area contributed by atoms with Crippen LogP contribution < -0.4 is 5.32 Å². The molecule has 16 heavy (non-hydrogen) atoms. The third-order valence-electron chi connectivity index (χ3n) is 3.30. The van der Waals surface area contributed by atoms with Gasteiger partial charge < -0.3 is 10.2 Å². The lowest BCUT2D eigenvalue weighted by Gasteiger charge is -2.20. The first kappa shape index (κ1) is 11.4. The molecule has 2 nitrogen and oxygen atoms in total. The molecular weight excluding hydrogens is 216 g/mol. The number of hydrogen-bond donors (Lipinski definition) is 1. The zero-order valence-electron chi connectivity index (χ0n) is 9.81. The summed E-state index contributed by atoms with van der Waals surface area (Å²) >= 11 is 5.42. The Bertz CT molecular complexity index is 353. The molecular formula is C13H18N2S. The minimum atomic E-state index is 0.732. The summed E-state index contributed by atoms with van der Waals surface area (Å²) in [5.74, 6) is 1.46. The van der Waals surface area contributed by atoms with E-state index in [1.807, 2.05) is 30.3 Å². The second-order valence-electron chi connectivity index (χ2n) is 4.66. The van der Waals surface area contributed by atoms with Gasteiger partial charge in [0.15, 0.2) is 5.11 Å². The van der Waals surface area contributed by atoms with Crippen molar-refractivity contribution in [2.24, 2.45) is 11.8 Å². The Morgan fingerprint density at radius 3 is 2.31 bits per heavy atom. The van der Waals surface area contributed by atoms with Crippen molar-refractivity contribution in [3.63, 3.8) is 0 Å². The smallest absolute Gasteiger partial charge is 0.173 e. The zero-order valence-corrected chi connectivity index (χ0v) is 10.6. The van der Waals surface area contributed by atoms with Crippen LogP contribution in [0.15, 0.2) is 30.3 Å². The van der Waals surface area contributed by atoms with Gasteiger partial charge in [0.2, 0.25) is 0 Å². The van der Waals surface area contributed by atoms with Crippen LogP contribution in [0.1, 0.15) is 13.8 Å². The van der Waals surface area contributed by atoms with Crippen molar-refractivity contribution in [3.8, 4) is 0 Å². The van der Waals surface area contributed by atoms with Crippen LogP contribution in [0.25, 0.3) is 0 Å². The molecule has 0 spiro atoms. The molecule has 1 aliphatic heterocycles. The quantitative estimate of drug-likeness (QED) is 0.752. The molecule has 0 aliphatic carbocycles. The van der Waals surface area contributed by atoms with Crippen molar-refractivity contribution in [2.45, 2.75) is 13.8 Å². The van der Waals surface area contributed by atoms with Crippen LogP contribution >= 0.6 is 12.2 Å². The van der Waals surface area contributed by atoms with Crippen LogP contribution in [0.3, 0.4) is 0 Å². The monoisotopic (exact) mass is 234 g/mol. The van der Waals surface area contributed by atoms with Gasteiger partial charge in [-0.15, -0.1) is 0 Å². The van der Waals surface area contributed by atoms with Crippen molar-refractivity contribution < 1.29 is 0 Å². The SMILES string of the molecule is CC1CN(C(=S)Nc2ccccc2)CC1C. The molecule has 3 heteroatoms. The minimum Gasteiger partial charge on any atom is -0.348 e. The molecule has 1 heterocycles. The van der Waals surface area contributed by atoms with Crippen molar-refractivity contribution >= 4 is 23.0 Å². The number of nitrogens with one attached hydrogen (secondary N) is 1. The van der Waals surface area contributed by atoms with Gasteiger partial charge in [-0.2, -0.15) is 0 Å². The highest BCUT2D eigenvalue weighted by Gasteiger charge is 2.27. The first-order valence-electron chi connectivity index (χ1n) is 5.78. The van der Waals surface area contributed by atoms with Gasteiger partial charge >= 0.3 is 0 Å². The second kappa shape index (κ2) is 4.83. The molecule has 86 valence electrons. The molecule has 1 N–H and O–H groups in total. The summed E-state index contributed by atoms with van der Waals surface area (Å²) in [6.07, 6.45) is 0. The predicted octanol–water partition coefficient (Wildman–Crippen LogP) is 2.97. The normalized spacial score (nSPS) is 24.5. The van der Waals surface area contributed by atoms with E-state index in [0.29, 0.717) is 0 Å². The number of likely N-dealkylation sites (tertiary alicyclic amines) is 1. The molecule has 0 bridgehead atoms. The summed E-state index contributed by atoms with van der Waals surface area (Å²) in [6.45, 7) is 6.71. The molecule has 0 aromatic heterocycles. The number of anilines is 1. The topological polar surface area (TPSA) is 15.3 Å². The lowest BCUT2D eigenvalue weighted by Crippen LogP contribution is -2.32. The van der Waals surface area contributed by atoms with Gasteiger partial charge in [0.25, 0.3) is 0 Å². The molecule has 2 unspecified atom stereocenters. The van der Waals surface area contributed by atoms with Gasteiger partial charge in [0, 0.05) is 18.8 Å². The van der Waals surface area contributed by atoms with Crippen molar-refractivity contribution in [1.82, 2.24) is 4.90 Å². The fourth-order valence-corrected chi connectivity index (χ4v) is 2.29. The molecule has 0 amide bonds. The number of nitrogens with zero attached hydrogens (tertiary/aromatic N) is 1. The Balaban J connectivity index is 1.95. The molecule has 2 rings (SSSR count). The second-order valence-corrected chi connectivity index (χ2v) is 5.04. The van der Waals surface area contributed by atoms with Crippen molar-refractivity contribution in [1.29, 1.82) is 0 Å². The van der Waals surface area contributed by atoms with Crippen LogP contribution in [0.2, 0.25) is 0 Å². The van der Waals surface area contributed by atoms with E-state index in [0.717, 1.165) is 35.7 Å². The molecule has 1 aromatic rings. The average Bonchev–Trinajstić information content (AvgIpc) is 2.61. The van der Waals surface area contributed by atoms with Gasteiger partial charge in [-0.05, 0) is 36.2 Å². The molecule has 0 saturated carbocycles. The number of benzene rings is 1. The molecule has 1 aliphatic rings. The number of hydrogen-bond acceptors (Lipinski definition) is 1. The van der Waals surface area contributed by atoms with Gasteiger partial charge in [0.05, 0.1) is 0 Å². The van der Waals surface area contributed by atoms with Crippen LogP contribution in [-0.4, -0.2) is 23.1 Å². The summed E-state index contributed by atoms with van der Waals surface area (Å²) < 4.78 is 0. The van der Waals surface area contributed by atoms with Crippen LogP contribution in [0, 0.1) is 11.8 Å². The van der Waals surface area contributed by atoms with Crippen LogP contribution in [-0.2, 0) is 0 Å². The maximum atomic E-state index is 5.42. The first-order chi connectivity index (χ1) is 7.66. The molecule has 2 atom stereocenters. The highest BCUT2D eigenvalue weighted by molar-refractivity contribution is 7.80. The Labute approximate surface area is 103 Å². The van der Waals surface area contributed by atoms with E-state index in [-0.39, 0.29) is 0 Å². The standard InChI is InChI=1S/C13H18N2S/c1-10-8-15(9-11(10)2)13(16)14-12-6-4-3-5-7-12/h3-7,10-11H,8-9H2,1-2H3,(H,14,16). The zero-order chi connectivity index (χ0) is 11.5. The highest BCUT2D eigenvalue weighted by atomic mass is 32.1. The Hall–Kier alpha value is -1.09. The first-order valence-corrected chi connectivity index (χ1v) is 6.18. The number of thiocarbonyl (C=S) groups is 1. The third-order valence-corrected chi connectivity index (χ3v) is 3.66. The summed E-state index contributed by atoms with van der Waals surface area (Å²) in [6, 6.07) is 10.1. The fourth-order valence-electron chi connectivity index (χ4n) is 2.02. The average molecular weight is 234 g/mol. The minimum absolute atomic E-state index is 0.732. The maximum absolute atomic E-state index is 5.42. The number of rotatable bonds is 1. The fraction of sp³-hybridized carbons (Fsp3) is 0.462. The van der Waals surface area contributed by atoms with Gasteiger partial charge in [-0.25, -0.2) is 0 Å². The summed E-state index contributed by atoms with van der Waals surface area (Å²) in [7, 11) is 0. The van der Waals surface area contributed by atoms with Crippen LogP contribution in [0.5, 0.6) is 0 Å². The lowest BCUT2D eigenvalue weighted by atomic mass is 10.0. The van der Waals surface area contributed by atoms with Gasteiger partial charge in [-0.1, -0.05) is 32.0 Å². The summed E-state index contributed by atoms with van der Waals surface area (Å²) in [4.78, 5) is 2.26. The maximum Gasteiger partial charge on any atom is 0.173 e. The van der Waals surface area contributed by atoms with E-state index in [9.17, 15) is 0 Å². The Morgan fingerprint density at radius 2 is 1.75 bits per heavy atom. The van der Waals surface area contributed by atoms with E-state index < -0.39 is 0 Å². The largest absolute Gasteiger partial charge is 0.348 e. The van der Waals surface area contributed by atoms with Crippen molar-refractivity contribution in [3.05, 3.63) is 30.3 Å². The molecule has 1 saturated heterocycles. The van der Waals surface area contributed by atoms with Gasteiger partial charge in [0.1, 0.15) is 0 Å². The van der Waals surface area contributed by atoms with E-state index in [4.69, 9.17) is 12.2 Å². The number of para-hydroxylation sites is 1. The van der Waals surface area contributed by atoms with E-state index in [2.05, 4.69) is 24.1 Å². The Morgan fingerprint density at radius 1 is 1.19 bits per heavy atom. The van der Waals surface area contributed by atoms with Crippen LogP contribution in [0.4, 0.5) is 5.69 Å². The molecule has 1 fully saturated rings. The highest BCUT2D eigenvalue weighted by Crippen LogP contribution is 2.22. The van der Waals surface area contributed by atoms with Crippen molar-refractivity contribution in [2.75, 3.05) is 18.4 Å². The summed E-state index contributed by atoms with van der Waals surface area (Å²) in [5, 5.41) is 4.13. The van der Waals surface area contributed by atoms with E-state index in [1.165, 1.54) is 0 Å². The lowest BCUT2D eigenvalue weighted by molar-refractivity contribution is 0.494. The summed E-state index contributed by atoms with van der Waals surface area (Å²) in [5.41, 5.74) is 1.07.